The van der Waals surface area contributed by atoms with E-state index in [-0.39, 0.29) is 18.1 Å². The molecule has 28 heavy (non-hydrogen) atoms. The minimum Gasteiger partial charge on any atom is -0.334 e. The number of urea groups is 1. The summed E-state index contributed by atoms with van der Waals surface area (Å²) in [7, 11) is 0. The number of benzene rings is 1. The lowest BCUT2D eigenvalue weighted by Crippen LogP contribution is -2.56. The molecule has 1 aromatic heterocycles. The Bertz CT molecular complexity index is 809. The smallest absolute Gasteiger partial charge is 0.318 e. The molecule has 1 unspecified atom stereocenters. The molecule has 148 valence electrons. The van der Waals surface area contributed by atoms with Gasteiger partial charge < -0.3 is 15.1 Å². The number of aromatic nitrogens is 1. The summed E-state index contributed by atoms with van der Waals surface area (Å²) < 4.78 is 0. The van der Waals surface area contributed by atoms with E-state index in [1.54, 1.807) is 0 Å². The van der Waals surface area contributed by atoms with E-state index >= 15 is 0 Å². The number of piperidine rings is 1. The third-order valence-corrected chi connectivity index (χ3v) is 6.36. The van der Waals surface area contributed by atoms with E-state index < -0.39 is 0 Å². The Kier molecular flexibility index (Phi) is 5.62. The van der Waals surface area contributed by atoms with Crippen molar-refractivity contribution >= 4 is 6.03 Å². The quantitative estimate of drug-likeness (QED) is 0.890. The van der Waals surface area contributed by atoms with Crippen molar-refractivity contribution < 1.29 is 4.79 Å². The van der Waals surface area contributed by atoms with E-state index in [9.17, 15) is 4.79 Å². The normalized spacial score (nSPS) is 25.2. The van der Waals surface area contributed by atoms with Gasteiger partial charge in [-0.05, 0) is 60.7 Å². The Balaban J connectivity index is 1.59. The molecule has 0 radical (unpaired) electrons. The molecule has 0 spiro atoms. The summed E-state index contributed by atoms with van der Waals surface area (Å²) >= 11 is 0. The summed E-state index contributed by atoms with van der Waals surface area (Å²) in [6, 6.07) is 12.7. The second-order valence-corrected chi connectivity index (χ2v) is 8.04. The van der Waals surface area contributed by atoms with Gasteiger partial charge >= 0.3 is 6.03 Å². The summed E-state index contributed by atoms with van der Waals surface area (Å²) in [4.78, 5) is 22.0. The number of pyridine rings is 1. The molecule has 1 aromatic carbocycles. The van der Waals surface area contributed by atoms with Crippen LogP contribution in [-0.2, 0) is 6.42 Å². The zero-order valence-electron chi connectivity index (χ0n) is 16.8. The second kappa shape index (κ2) is 8.31. The molecule has 3 heterocycles. The van der Waals surface area contributed by atoms with Gasteiger partial charge in [0.2, 0.25) is 0 Å². The number of nitrogens with one attached hydrogen (secondary N) is 1. The fraction of sp³-hybridized carbons (Fsp3) is 0.478. The number of carbonyl (C=O) groups excluding carboxylic acids is 1. The van der Waals surface area contributed by atoms with Crippen LogP contribution in [0, 0.1) is 5.92 Å². The van der Waals surface area contributed by atoms with Gasteiger partial charge in [-0.1, -0.05) is 38.1 Å². The molecular weight excluding hydrogens is 348 g/mol. The van der Waals surface area contributed by atoms with Crippen molar-refractivity contribution in [3.63, 3.8) is 0 Å². The lowest BCUT2D eigenvalue weighted by molar-refractivity contribution is 0.136. The molecule has 2 aliphatic heterocycles. The molecule has 2 aromatic rings. The minimum absolute atomic E-state index is 0.0473. The Morgan fingerprint density at radius 1 is 1.18 bits per heavy atom. The number of likely N-dealkylation sites (tertiary alicyclic amines) is 1. The molecule has 5 heteroatoms. The number of hydrogen-bond acceptors (Lipinski definition) is 3. The first-order chi connectivity index (χ1) is 13.7. The molecule has 1 fully saturated rings. The van der Waals surface area contributed by atoms with E-state index in [1.165, 1.54) is 11.1 Å². The number of fused-ring (bicyclic) bond motifs is 1. The molecule has 1 N–H and O–H groups in total. The average Bonchev–Trinajstić information content (AvgIpc) is 2.75. The van der Waals surface area contributed by atoms with Gasteiger partial charge in [0.25, 0.3) is 0 Å². The number of rotatable bonds is 3. The van der Waals surface area contributed by atoms with Crippen LogP contribution in [0.25, 0.3) is 0 Å². The molecular formula is C23H30N4O. The van der Waals surface area contributed by atoms with Crippen molar-refractivity contribution in [2.75, 3.05) is 26.2 Å². The molecule has 5 nitrogen and oxygen atoms in total. The first-order valence-corrected chi connectivity index (χ1v) is 10.4. The van der Waals surface area contributed by atoms with Crippen LogP contribution in [0.2, 0.25) is 0 Å². The molecule has 4 rings (SSSR count). The van der Waals surface area contributed by atoms with Gasteiger partial charge in [-0.3, -0.25) is 4.98 Å². The molecule has 3 atom stereocenters. The largest absolute Gasteiger partial charge is 0.334 e. The predicted molar refractivity (Wildman–Crippen MR) is 111 cm³/mol. The number of hydrogen-bond donors (Lipinski definition) is 1. The molecule has 2 aliphatic rings. The number of carbonyl (C=O) groups is 1. The fourth-order valence-electron chi connectivity index (χ4n) is 4.54. The highest BCUT2D eigenvalue weighted by Gasteiger charge is 2.34. The van der Waals surface area contributed by atoms with Crippen LogP contribution >= 0.6 is 0 Å². The van der Waals surface area contributed by atoms with Gasteiger partial charge in [-0.25, -0.2) is 4.79 Å². The van der Waals surface area contributed by atoms with Gasteiger partial charge in [0.1, 0.15) is 0 Å². The van der Waals surface area contributed by atoms with Crippen LogP contribution in [0.15, 0.2) is 48.8 Å². The van der Waals surface area contributed by atoms with Crippen molar-refractivity contribution in [2.45, 2.75) is 38.8 Å². The maximum absolute atomic E-state index is 13.4. The highest BCUT2D eigenvalue weighted by molar-refractivity contribution is 5.76. The molecule has 0 saturated carbocycles. The maximum Gasteiger partial charge on any atom is 0.318 e. The predicted octanol–water partition coefficient (Wildman–Crippen LogP) is 3.47. The third-order valence-electron chi connectivity index (χ3n) is 6.36. The first-order valence-electron chi connectivity index (χ1n) is 10.4. The van der Waals surface area contributed by atoms with Gasteiger partial charge in [0.05, 0.1) is 6.04 Å². The van der Waals surface area contributed by atoms with Gasteiger partial charge in [0.15, 0.2) is 0 Å². The summed E-state index contributed by atoms with van der Waals surface area (Å²) in [5.41, 5.74) is 3.67. The average molecular weight is 379 g/mol. The van der Waals surface area contributed by atoms with Crippen molar-refractivity contribution in [3.8, 4) is 0 Å². The number of amides is 2. The Labute approximate surface area is 167 Å². The van der Waals surface area contributed by atoms with Crippen molar-refractivity contribution in [3.05, 3.63) is 65.5 Å². The van der Waals surface area contributed by atoms with Gasteiger partial charge in [-0.15, -0.1) is 0 Å². The highest BCUT2D eigenvalue weighted by atomic mass is 16.2. The standard InChI is InChI=1S/C23H30N4O/c1-3-26-14-10-17(2)21(16-26)25-23(28)27-15-11-18-6-4-5-7-20(18)22(27)19-8-12-24-13-9-19/h4-9,12-13,17,21-22H,3,10-11,14-16H2,1-2H3,(H,25,28)/t17?,21-,22-/m1/s1. The van der Waals surface area contributed by atoms with E-state index in [4.69, 9.17) is 0 Å². The zero-order valence-corrected chi connectivity index (χ0v) is 16.8. The summed E-state index contributed by atoms with van der Waals surface area (Å²) in [5.74, 6) is 0.503. The van der Waals surface area contributed by atoms with E-state index in [0.717, 1.165) is 44.6 Å². The van der Waals surface area contributed by atoms with Crippen molar-refractivity contribution in [1.82, 2.24) is 20.1 Å². The number of likely N-dealkylation sites (N-methyl/N-ethyl adjacent to an activating group) is 1. The summed E-state index contributed by atoms with van der Waals surface area (Å²) in [6.45, 7) is 8.28. The molecule has 0 aliphatic carbocycles. The molecule has 1 saturated heterocycles. The summed E-state index contributed by atoms with van der Waals surface area (Å²) in [6.07, 6.45) is 5.65. The monoisotopic (exact) mass is 378 g/mol. The second-order valence-electron chi connectivity index (χ2n) is 8.04. The highest BCUT2D eigenvalue weighted by Crippen LogP contribution is 2.35. The Morgan fingerprint density at radius 2 is 1.96 bits per heavy atom. The third kappa shape index (κ3) is 3.76. The van der Waals surface area contributed by atoms with Crippen molar-refractivity contribution in [1.29, 1.82) is 0 Å². The van der Waals surface area contributed by atoms with Gasteiger partial charge in [0, 0.05) is 31.5 Å². The lowest BCUT2D eigenvalue weighted by atomic mass is 9.88. The zero-order chi connectivity index (χ0) is 19.5. The SMILES string of the molecule is CCN1CCC(C)[C@H](NC(=O)N2CCc3ccccc3[C@H]2c2ccncc2)C1. The van der Waals surface area contributed by atoms with Crippen LogP contribution in [0.4, 0.5) is 4.79 Å². The van der Waals surface area contributed by atoms with Crippen LogP contribution < -0.4 is 5.32 Å². The Morgan fingerprint density at radius 3 is 2.75 bits per heavy atom. The first kappa shape index (κ1) is 18.9. The van der Waals surface area contributed by atoms with Crippen LogP contribution in [0.3, 0.4) is 0 Å². The maximum atomic E-state index is 13.4. The van der Waals surface area contributed by atoms with Crippen molar-refractivity contribution in [2.24, 2.45) is 5.92 Å². The van der Waals surface area contributed by atoms with Crippen LogP contribution in [0.1, 0.15) is 43.0 Å². The Hall–Kier alpha value is -2.40. The fourth-order valence-corrected chi connectivity index (χ4v) is 4.54. The van der Waals surface area contributed by atoms with Gasteiger partial charge in [-0.2, -0.15) is 0 Å². The van der Waals surface area contributed by atoms with E-state index in [1.807, 2.05) is 29.4 Å². The van der Waals surface area contributed by atoms with E-state index in [0.29, 0.717) is 5.92 Å². The topological polar surface area (TPSA) is 48.5 Å². The van der Waals surface area contributed by atoms with E-state index in [2.05, 4.69) is 53.3 Å². The minimum atomic E-state index is -0.0610. The molecule has 0 bridgehead atoms. The van der Waals surface area contributed by atoms with Crippen LogP contribution in [-0.4, -0.2) is 53.0 Å². The number of nitrogens with zero attached hydrogens (tertiary/aromatic N) is 3. The summed E-state index contributed by atoms with van der Waals surface area (Å²) in [5, 5.41) is 3.36. The van der Waals surface area contributed by atoms with Crippen LogP contribution in [0.5, 0.6) is 0 Å². The molecule has 2 amide bonds. The lowest BCUT2D eigenvalue weighted by Gasteiger charge is -2.41.